The Morgan fingerprint density at radius 3 is 2.69 bits per heavy atom. The standard InChI is InChI=1S/C23H29N5O/c1-15-12-19(20-16(2)26-27(5)21(20)25-15)22(29)24-14-23(3,4)28-11-10-17-8-6-7-9-18(17)13-28/h6-9,12H,10-11,13-14H2,1-5H3,(H,24,29). The fraction of sp³-hybridized carbons (Fsp3) is 0.435. The lowest BCUT2D eigenvalue weighted by Gasteiger charge is -2.41. The molecule has 3 aromatic rings. The molecule has 1 aromatic carbocycles. The van der Waals surface area contributed by atoms with Gasteiger partial charge in [0, 0.05) is 37.9 Å². The average Bonchev–Trinajstić information content (AvgIpc) is 2.98. The van der Waals surface area contributed by atoms with Gasteiger partial charge in [0.2, 0.25) is 0 Å². The van der Waals surface area contributed by atoms with Crippen LogP contribution in [0, 0.1) is 13.8 Å². The Morgan fingerprint density at radius 1 is 1.21 bits per heavy atom. The van der Waals surface area contributed by atoms with Gasteiger partial charge in [-0.25, -0.2) is 4.98 Å². The summed E-state index contributed by atoms with van der Waals surface area (Å²) in [5.74, 6) is -0.0675. The maximum Gasteiger partial charge on any atom is 0.252 e. The molecule has 0 atom stereocenters. The van der Waals surface area contributed by atoms with Crippen LogP contribution >= 0.6 is 0 Å². The highest BCUT2D eigenvalue weighted by molar-refractivity contribution is 6.06. The Balaban J connectivity index is 1.52. The van der Waals surface area contributed by atoms with Crippen molar-refractivity contribution in [2.45, 2.75) is 46.2 Å². The average molecular weight is 392 g/mol. The van der Waals surface area contributed by atoms with Crippen molar-refractivity contribution < 1.29 is 4.79 Å². The number of benzene rings is 1. The molecule has 0 spiro atoms. The zero-order valence-electron chi connectivity index (χ0n) is 17.9. The number of hydrogen-bond acceptors (Lipinski definition) is 4. The lowest BCUT2D eigenvalue weighted by Crippen LogP contribution is -2.53. The van der Waals surface area contributed by atoms with E-state index in [9.17, 15) is 4.79 Å². The molecule has 0 saturated heterocycles. The third kappa shape index (κ3) is 3.65. The van der Waals surface area contributed by atoms with Gasteiger partial charge in [0.25, 0.3) is 5.91 Å². The highest BCUT2D eigenvalue weighted by Crippen LogP contribution is 2.26. The summed E-state index contributed by atoms with van der Waals surface area (Å²) in [4.78, 5) is 20.1. The summed E-state index contributed by atoms with van der Waals surface area (Å²) in [7, 11) is 1.86. The summed E-state index contributed by atoms with van der Waals surface area (Å²) in [6, 6.07) is 10.5. The molecule has 6 nitrogen and oxygen atoms in total. The molecule has 0 radical (unpaired) electrons. The number of nitrogens with one attached hydrogen (secondary N) is 1. The number of pyridine rings is 1. The number of nitrogens with zero attached hydrogens (tertiary/aromatic N) is 4. The molecule has 152 valence electrons. The fourth-order valence-electron chi connectivity index (χ4n) is 4.27. The normalized spacial score (nSPS) is 14.8. The highest BCUT2D eigenvalue weighted by Gasteiger charge is 2.30. The van der Waals surface area contributed by atoms with Gasteiger partial charge in [-0.1, -0.05) is 24.3 Å². The second-order valence-electron chi connectivity index (χ2n) is 8.65. The Bertz CT molecular complexity index is 1080. The Morgan fingerprint density at radius 2 is 1.93 bits per heavy atom. The van der Waals surface area contributed by atoms with Crippen molar-refractivity contribution in [3.63, 3.8) is 0 Å². The minimum Gasteiger partial charge on any atom is -0.350 e. The molecule has 0 saturated carbocycles. The first-order valence-corrected chi connectivity index (χ1v) is 10.2. The van der Waals surface area contributed by atoms with E-state index >= 15 is 0 Å². The van der Waals surface area contributed by atoms with Gasteiger partial charge < -0.3 is 5.32 Å². The maximum atomic E-state index is 13.1. The van der Waals surface area contributed by atoms with Gasteiger partial charge >= 0.3 is 0 Å². The molecule has 0 bridgehead atoms. The first kappa shape index (κ1) is 19.6. The Hall–Kier alpha value is -2.73. The Kier molecular flexibility index (Phi) is 4.90. The van der Waals surface area contributed by atoms with Crippen LogP contribution in [0.3, 0.4) is 0 Å². The number of carbonyl (C=O) groups excluding carboxylic acids is 1. The van der Waals surface area contributed by atoms with Crippen molar-refractivity contribution in [3.05, 3.63) is 58.4 Å². The van der Waals surface area contributed by atoms with E-state index in [2.05, 4.69) is 58.4 Å². The molecule has 6 heteroatoms. The van der Waals surface area contributed by atoms with Crippen molar-refractivity contribution >= 4 is 16.9 Å². The summed E-state index contributed by atoms with van der Waals surface area (Å²) in [5, 5.41) is 8.45. The van der Waals surface area contributed by atoms with Crippen molar-refractivity contribution in [2.75, 3.05) is 13.1 Å². The second kappa shape index (κ2) is 7.26. The number of carbonyl (C=O) groups is 1. The van der Waals surface area contributed by atoms with Crippen LogP contribution in [0.2, 0.25) is 0 Å². The monoisotopic (exact) mass is 391 g/mol. The third-order valence-corrected chi connectivity index (χ3v) is 6.01. The molecule has 1 amide bonds. The largest absolute Gasteiger partial charge is 0.350 e. The molecule has 1 aliphatic heterocycles. The van der Waals surface area contributed by atoms with Gasteiger partial charge in [0.05, 0.1) is 16.6 Å². The van der Waals surface area contributed by atoms with Crippen molar-refractivity contribution in [1.29, 1.82) is 0 Å². The highest BCUT2D eigenvalue weighted by atomic mass is 16.1. The molecule has 1 aliphatic rings. The minimum absolute atomic E-state index is 0.0675. The Labute approximate surface area is 171 Å². The molecular formula is C23H29N5O. The number of aromatic nitrogens is 3. The van der Waals surface area contributed by atoms with Crippen LogP contribution in [-0.2, 0) is 20.0 Å². The van der Waals surface area contributed by atoms with Crippen LogP contribution in [0.15, 0.2) is 30.3 Å². The van der Waals surface area contributed by atoms with Gasteiger partial charge in [-0.2, -0.15) is 5.10 Å². The lowest BCUT2D eigenvalue weighted by atomic mass is 9.94. The molecule has 4 rings (SSSR count). The zero-order valence-corrected chi connectivity index (χ0v) is 17.9. The molecule has 2 aromatic heterocycles. The van der Waals surface area contributed by atoms with Crippen molar-refractivity contribution in [2.24, 2.45) is 7.05 Å². The summed E-state index contributed by atoms with van der Waals surface area (Å²) in [6.07, 6.45) is 1.05. The van der Waals surface area contributed by atoms with E-state index in [1.807, 2.05) is 27.0 Å². The summed E-state index contributed by atoms with van der Waals surface area (Å²) in [5.41, 5.74) is 5.72. The molecular weight excluding hydrogens is 362 g/mol. The number of rotatable bonds is 4. The molecule has 0 aliphatic carbocycles. The van der Waals surface area contributed by atoms with Gasteiger partial charge in [-0.15, -0.1) is 0 Å². The minimum atomic E-state index is -0.144. The quantitative estimate of drug-likeness (QED) is 0.742. The van der Waals surface area contributed by atoms with E-state index < -0.39 is 0 Å². The molecule has 0 unspecified atom stereocenters. The fourth-order valence-corrected chi connectivity index (χ4v) is 4.27. The van der Waals surface area contributed by atoms with Crippen LogP contribution < -0.4 is 5.32 Å². The van der Waals surface area contributed by atoms with Gasteiger partial charge in [-0.3, -0.25) is 14.4 Å². The zero-order chi connectivity index (χ0) is 20.8. The van der Waals surface area contributed by atoms with E-state index in [1.54, 1.807) is 4.68 Å². The van der Waals surface area contributed by atoms with Gasteiger partial charge in [0.1, 0.15) is 0 Å². The van der Waals surface area contributed by atoms with E-state index in [0.29, 0.717) is 12.1 Å². The first-order valence-electron chi connectivity index (χ1n) is 10.2. The van der Waals surface area contributed by atoms with E-state index in [4.69, 9.17) is 0 Å². The smallest absolute Gasteiger partial charge is 0.252 e. The van der Waals surface area contributed by atoms with Crippen LogP contribution in [0.1, 0.15) is 46.7 Å². The van der Waals surface area contributed by atoms with Crippen LogP contribution in [0.4, 0.5) is 0 Å². The van der Waals surface area contributed by atoms with Crippen LogP contribution in [-0.4, -0.2) is 44.2 Å². The lowest BCUT2D eigenvalue weighted by molar-refractivity contribution is 0.0827. The predicted octanol–water partition coefficient (Wildman–Crippen LogP) is 3.15. The summed E-state index contributed by atoms with van der Waals surface area (Å²) >= 11 is 0. The summed E-state index contributed by atoms with van der Waals surface area (Å²) < 4.78 is 1.74. The van der Waals surface area contributed by atoms with Crippen molar-refractivity contribution in [1.82, 2.24) is 25.0 Å². The summed E-state index contributed by atoms with van der Waals surface area (Å²) in [6.45, 7) is 10.7. The number of hydrogen-bond donors (Lipinski definition) is 1. The third-order valence-electron chi connectivity index (χ3n) is 6.01. The molecule has 0 fully saturated rings. The SMILES string of the molecule is Cc1cc(C(=O)NCC(C)(C)N2CCc3ccccc3C2)c2c(C)nn(C)c2n1. The first-order chi connectivity index (χ1) is 13.8. The van der Waals surface area contributed by atoms with Gasteiger partial charge in [-0.05, 0) is 51.3 Å². The second-order valence-corrected chi connectivity index (χ2v) is 8.65. The van der Waals surface area contributed by atoms with E-state index in [-0.39, 0.29) is 11.4 Å². The van der Waals surface area contributed by atoms with E-state index in [1.165, 1.54) is 11.1 Å². The number of aryl methyl sites for hydroxylation is 3. The number of fused-ring (bicyclic) bond motifs is 2. The predicted molar refractivity (Wildman–Crippen MR) is 115 cm³/mol. The van der Waals surface area contributed by atoms with Gasteiger partial charge in [0.15, 0.2) is 5.65 Å². The van der Waals surface area contributed by atoms with Crippen LogP contribution in [0.25, 0.3) is 11.0 Å². The topological polar surface area (TPSA) is 63.1 Å². The van der Waals surface area contributed by atoms with E-state index in [0.717, 1.165) is 41.9 Å². The molecule has 3 heterocycles. The number of amides is 1. The van der Waals surface area contributed by atoms with Crippen LogP contribution in [0.5, 0.6) is 0 Å². The maximum absolute atomic E-state index is 13.1. The molecule has 1 N–H and O–H groups in total. The van der Waals surface area contributed by atoms with Crippen molar-refractivity contribution in [3.8, 4) is 0 Å². The molecule has 29 heavy (non-hydrogen) atoms.